The molecule has 0 unspecified atom stereocenters. The van der Waals surface area contributed by atoms with E-state index in [1.807, 2.05) is 6.92 Å². The summed E-state index contributed by atoms with van der Waals surface area (Å²) in [7, 11) is -3.41. The third-order valence-electron chi connectivity index (χ3n) is 5.09. The molecule has 0 amide bonds. The molecule has 7 heteroatoms. The first-order valence-corrected chi connectivity index (χ1v) is 9.72. The van der Waals surface area contributed by atoms with Crippen LogP contribution in [0.2, 0.25) is 0 Å². The van der Waals surface area contributed by atoms with Crippen molar-refractivity contribution >= 4 is 10.0 Å². The Morgan fingerprint density at radius 1 is 1.41 bits per heavy atom. The van der Waals surface area contributed by atoms with Crippen molar-refractivity contribution in [2.24, 2.45) is 5.41 Å². The second-order valence-electron chi connectivity index (χ2n) is 6.39. The van der Waals surface area contributed by atoms with Gasteiger partial charge in [-0.3, -0.25) is 0 Å². The summed E-state index contributed by atoms with van der Waals surface area (Å²) in [5, 5.41) is 3.68. The van der Waals surface area contributed by atoms with Crippen LogP contribution in [0.3, 0.4) is 0 Å². The molecule has 1 aromatic rings. The molecule has 22 heavy (non-hydrogen) atoms. The van der Waals surface area contributed by atoms with Crippen LogP contribution in [0.1, 0.15) is 51.1 Å². The standard InChI is InChI=1S/C15H24N2O4S/c1-2-20-14-10-13(15(14)7-4-3-5-8-15)17-22(18,19)11-12-6-9-21-16-12/h6,9,13-14,17H,2-5,7-8,10-11H2,1H3/t13-,14+/m1/s1. The lowest BCUT2D eigenvalue weighted by Gasteiger charge is -2.57. The number of aromatic nitrogens is 1. The van der Waals surface area contributed by atoms with E-state index in [2.05, 4.69) is 9.88 Å². The molecule has 6 nitrogen and oxygen atoms in total. The molecule has 1 heterocycles. The van der Waals surface area contributed by atoms with Crippen molar-refractivity contribution in [2.75, 3.05) is 6.61 Å². The zero-order chi connectivity index (χ0) is 15.6. The van der Waals surface area contributed by atoms with Gasteiger partial charge in [0.25, 0.3) is 0 Å². The molecular formula is C15H24N2O4S. The molecule has 124 valence electrons. The van der Waals surface area contributed by atoms with E-state index in [1.54, 1.807) is 6.07 Å². The third kappa shape index (κ3) is 3.07. The van der Waals surface area contributed by atoms with Gasteiger partial charge in [-0.2, -0.15) is 0 Å². The van der Waals surface area contributed by atoms with E-state index in [4.69, 9.17) is 9.26 Å². The molecule has 2 fully saturated rings. The predicted octanol–water partition coefficient (Wildman–Crippen LogP) is 2.22. The van der Waals surface area contributed by atoms with Crippen molar-refractivity contribution in [3.05, 3.63) is 18.0 Å². The normalized spacial score (nSPS) is 27.7. The lowest BCUT2D eigenvalue weighted by atomic mass is 9.55. The smallest absolute Gasteiger partial charge is 0.217 e. The quantitative estimate of drug-likeness (QED) is 0.866. The molecule has 0 saturated heterocycles. The summed E-state index contributed by atoms with van der Waals surface area (Å²) in [6.45, 7) is 2.68. The minimum atomic E-state index is -3.41. The Kier molecular flexibility index (Phi) is 4.56. The van der Waals surface area contributed by atoms with Gasteiger partial charge >= 0.3 is 0 Å². The summed E-state index contributed by atoms with van der Waals surface area (Å²) < 4.78 is 38.2. The number of sulfonamides is 1. The largest absolute Gasteiger partial charge is 0.378 e. The van der Waals surface area contributed by atoms with E-state index < -0.39 is 10.0 Å². The maximum Gasteiger partial charge on any atom is 0.217 e. The van der Waals surface area contributed by atoms with Crippen molar-refractivity contribution in [1.82, 2.24) is 9.88 Å². The maximum absolute atomic E-state index is 12.4. The molecule has 2 aliphatic rings. The van der Waals surface area contributed by atoms with Gasteiger partial charge in [-0.25, -0.2) is 13.1 Å². The van der Waals surface area contributed by atoms with Gasteiger partial charge in [0.1, 0.15) is 12.0 Å². The zero-order valence-corrected chi connectivity index (χ0v) is 13.8. The summed E-state index contributed by atoms with van der Waals surface area (Å²) in [4.78, 5) is 0. The van der Waals surface area contributed by atoms with Gasteiger partial charge in [-0.05, 0) is 26.2 Å². The van der Waals surface area contributed by atoms with Crippen molar-refractivity contribution in [3.63, 3.8) is 0 Å². The minimum absolute atomic E-state index is 0.00878. The van der Waals surface area contributed by atoms with E-state index in [0.717, 1.165) is 32.1 Å². The fourth-order valence-electron chi connectivity index (χ4n) is 3.99. The highest BCUT2D eigenvalue weighted by atomic mass is 32.2. The molecule has 0 radical (unpaired) electrons. The van der Waals surface area contributed by atoms with Crippen molar-refractivity contribution < 1.29 is 17.7 Å². The Hall–Kier alpha value is -0.920. The highest BCUT2D eigenvalue weighted by Gasteiger charge is 2.56. The number of ether oxygens (including phenoxy) is 1. The topological polar surface area (TPSA) is 81.4 Å². The number of hydrogen-bond donors (Lipinski definition) is 1. The fraction of sp³-hybridized carbons (Fsp3) is 0.800. The van der Waals surface area contributed by atoms with Crippen LogP contribution in [0.4, 0.5) is 0 Å². The average Bonchev–Trinajstić information content (AvgIpc) is 2.99. The van der Waals surface area contributed by atoms with Gasteiger partial charge < -0.3 is 9.26 Å². The highest BCUT2D eigenvalue weighted by Crippen LogP contribution is 2.53. The SMILES string of the molecule is CCO[C@H]1C[C@@H](NS(=O)(=O)Cc2ccon2)C12CCCCC2. The maximum atomic E-state index is 12.4. The Labute approximate surface area is 131 Å². The zero-order valence-electron chi connectivity index (χ0n) is 13.0. The molecule has 0 bridgehead atoms. The molecule has 2 atom stereocenters. The molecule has 0 aliphatic heterocycles. The average molecular weight is 328 g/mol. The van der Waals surface area contributed by atoms with Gasteiger partial charge in [0.2, 0.25) is 10.0 Å². The van der Waals surface area contributed by atoms with Crippen molar-refractivity contribution in [1.29, 1.82) is 0 Å². The Bertz CT molecular complexity index is 579. The molecule has 1 spiro atoms. The van der Waals surface area contributed by atoms with Gasteiger partial charge in [-0.15, -0.1) is 0 Å². The Morgan fingerprint density at radius 3 is 2.82 bits per heavy atom. The van der Waals surface area contributed by atoms with E-state index in [9.17, 15) is 8.42 Å². The van der Waals surface area contributed by atoms with E-state index in [-0.39, 0.29) is 23.3 Å². The molecule has 2 saturated carbocycles. The predicted molar refractivity (Wildman–Crippen MR) is 81.6 cm³/mol. The number of nitrogens with zero attached hydrogens (tertiary/aromatic N) is 1. The van der Waals surface area contributed by atoms with Crippen LogP contribution in [-0.4, -0.2) is 32.3 Å². The molecule has 0 aromatic carbocycles. The first kappa shape index (κ1) is 16.0. The van der Waals surface area contributed by atoms with E-state index in [1.165, 1.54) is 12.7 Å². The van der Waals surface area contributed by atoms with Gasteiger partial charge in [0.05, 0.1) is 11.8 Å². The molecular weight excluding hydrogens is 304 g/mol. The second-order valence-corrected chi connectivity index (χ2v) is 8.15. The summed E-state index contributed by atoms with van der Waals surface area (Å²) in [5.74, 6) is -0.130. The van der Waals surface area contributed by atoms with Crippen LogP contribution in [0.5, 0.6) is 0 Å². The lowest BCUT2D eigenvalue weighted by molar-refractivity contribution is -0.144. The Morgan fingerprint density at radius 2 is 2.18 bits per heavy atom. The number of nitrogens with one attached hydrogen (secondary N) is 1. The molecule has 1 N–H and O–H groups in total. The summed E-state index contributed by atoms with van der Waals surface area (Å²) in [6, 6.07) is 1.57. The molecule has 3 rings (SSSR count). The van der Waals surface area contributed by atoms with Crippen LogP contribution in [-0.2, 0) is 20.5 Å². The van der Waals surface area contributed by atoms with Crippen molar-refractivity contribution in [2.45, 2.75) is 63.3 Å². The van der Waals surface area contributed by atoms with Crippen LogP contribution < -0.4 is 4.72 Å². The van der Waals surface area contributed by atoms with Gasteiger partial charge in [0, 0.05) is 24.1 Å². The number of hydrogen-bond acceptors (Lipinski definition) is 5. The summed E-state index contributed by atoms with van der Waals surface area (Å²) >= 11 is 0. The highest BCUT2D eigenvalue weighted by molar-refractivity contribution is 7.88. The third-order valence-corrected chi connectivity index (χ3v) is 6.41. The van der Waals surface area contributed by atoms with E-state index in [0.29, 0.717) is 12.3 Å². The minimum Gasteiger partial charge on any atom is -0.378 e. The first-order chi connectivity index (χ1) is 10.6. The van der Waals surface area contributed by atoms with Gasteiger partial charge in [0.15, 0.2) is 0 Å². The van der Waals surface area contributed by atoms with E-state index >= 15 is 0 Å². The first-order valence-electron chi connectivity index (χ1n) is 8.06. The van der Waals surface area contributed by atoms with Crippen LogP contribution in [0.25, 0.3) is 0 Å². The molecule has 2 aliphatic carbocycles. The summed E-state index contributed by atoms with van der Waals surface area (Å²) in [5.41, 5.74) is 0.427. The molecule has 1 aromatic heterocycles. The second kappa shape index (κ2) is 6.29. The van der Waals surface area contributed by atoms with Gasteiger partial charge in [-0.1, -0.05) is 24.4 Å². The fourth-order valence-corrected chi connectivity index (χ4v) is 5.38. The Balaban J connectivity index is 1.68. The monoisotopic (exact) mass is 328 g/mol. The number of rotatable bonds is 6. The lowest BCUT2D eigenvalue weighted by Crippen LogP contribution is -2.65. The van der Waals surface area contributed by atoms with Crippen molar-refractivity contribution in [3.8, 4) is 0 Å². The summed E-state index contributed by atoms with van der Waals surface area (Å²) in [6.07, 6.45) is 8.00. The van der Waals surface area contributed by atoms with Crippen LogP contribution in [0, 0.1) is 5.41 Å². The van der Waals surface area contributed by atoms with Crippen LogP contribution in [0.15, 0.2) is 16.9 Å². The van der Waals surface area contributed by atoms with Crippen LogP contribution >= 0.6 is 0 Å².